The summed E-state index contributed by atoms with van der Waals surface area (Å²) >= 11 is -2.22. The lowest BCUT2D eigenvalue weighted by atomic mass is 10.3. The Morgan fingerprint density at radius 2 is 2.00 bits per heavy atom. The summed E-state index contributed by atoms with van der Waals surface area (Å²) in [6.07, 6.45) is 0. The third-order valence-electron chi connectivity index (χ3n) is 1.36. The van der Waals surface area contributed by atoms with Gasteiger partial charge in [-0.3, -0.25) is 4.21 Å². The van der Waals surface area contributed by atoms with E-state index in [1.54, 1.807) is 0 Å². The van der Waals surface area contributed by atoms with Crippen molar-refractivity contribution in [2.24, 2.45) is 0 Å². The van der Waals surface area contributed by atoms with Crippen LogP contribution in [-0.4, -0.2) is 22.0 Å². The third-order valence-corrected chi connectivity index (χ3v) is 2.02. The standard InChI is InChI=1S/C8H9FO3S/c9-5-6-12-7-1-3-8(4-2-7)13(10)11/h1-4H,5-6H2,(H,10,11)/p-1. The highest BCUT2D eigenvalue weighted by atomic mass is 32.2. The maximum atomic E-state index is 11.7. The van der Waals surface area contributed by atoms with Gasteiger partial charge in [0, 0.05) is 4.90 Å². The van der Waals surface area contributed by atoms with Gasteiger partial charge in [-0.05, 0) is 35.3 Å². The molecule has 0 radical (unpaired) electrons. The lowest BCUT2D eigenvalue weighted by molar-refractivity contribution is 0.273. The number of ether oxygens (including phenoxy) is 1. The average Bonchev–Trinajstić information content (AvgIpc) is 2.15. The second-order valence-electron chi connectivity index (χ2n) is 2.24. The summed E-state index contributed by atoms with van der Waals surface area (Å²) in [6, 6.07) is 5.77. The molecule has 5 heteroatoms. The Balaban J connectivity index is 2.64. The van der Waals surface area contributed by atoms with Gasteiger partial charge >= 0.3 is 0 Å². The lowest BCUT2D eigenvalue weighted by Crippen LogP contribution is -1.98. The van der Waals surface area contributed by atoms with Crippen LogP contribution in [0.5, 0.6) is 5.75 Å². The molecule has 13 heavy (non-hydrogen) atoms. The number of hydrogen-bond acceptors (Lipinski definition) is 3. The largest absolute Gasteiger partial charge is 0.768 e. The van der Waals surface area contributed by atoms with Crippen molar-refractivity contribution < 1.29 is 17.9 Å². The van der Waals surface area contributed by atoms with Gasteiger partial charge in [-0.15, -0.1) is 0 Å². The van der Waals surface area contributed by atoms with Gasteiger partial charge < -0.3 is 9.29 Å². The Kier molecular flexibility index (Phi) is 3.85. The van der Waals surface area contributed by atoms with E-state index in [9.17, 15) is 13.2 Å². The molecule has 3 nitrogen and oxygen atoms in total. The molecule has 0 saturated heterocycles. The van der Waals surface area contributed by atoms with Gasteiger partial charge in [0.1, 0.15) is 19.0 Å². The molecule has 0 aliphatic rings. The molecule has 0 aromatic heterocycles. The number of alkyl halides is 1. The lowest BCUT2D eigenvalue weighted by Gasteiger charge is -2.06. The molecule has 0 heterocycles. The predicted molar refractivity (Wildman–Crippen MR) is 45.1 cm³/mol. The fourth-order valence-electron chi connectivity index (χ4n) is 0.803. The van der Waals surface area contributed by atoms with Gasteiger partial charge in [-0.2, -0.15) is 0 Å². The SMILES string of the molecule is O=S([O-])c1ccc(OCCF)cc1. The number of benzene rings is 1. The van der Waals surface area contributed by atoms with E-state index in [0.29, 0.717) is 5.75 Å². The van der Waals surface area contributed by atoms with Crippen LogP contribution in [0.2, 0.25) is 0 Å². The van der Waals surface area contributed by atoms with E-state index in [1.807, 2.05) is 0 Å². The topological polar surface area (TPSA) is 49.4 Å². The molecule has 1 aromatic carbocycles. The van der Waals surface area contributed by atoms with E-state index in [0.717, 1.165) is 0 Å². The monoisotopic (exact) mass is 203 g/mol. The summed E-state index contributed by atoms with van der Waals surface area (Å²) in [5.41, 5.74) is 0. The molecule has 72 valence electrons. The second kappa shape index (κ2) is 4.94. The van der Waals surface area contributed by atoms with Crippen LogP contribution >= 0.6 is 0 Å². The maximum absolute atomic E-state index is 11.7. The zero-order valence-electron chi connectivity index (χ0n) is 6.73. The van der Waals surface area contributed by atoms with Crippen molar-refractivity contribution in [3.05, 3.63) is 24.3 Å². The molecule has 0 amide bonds. The van der Waals surface area contributed by atoms with E-state index in [2.05, 4.69) is 0 Å². The van der Waals surface area contributed by atoms with Gasteiger partial charge in [0.2, 0.25) is 0 Å². The van der Waals surface area contributed by atoms with Crippen LogP contribution < -0.4 is 4.74 Å². The van der Waals surface area contributed by atoms with Crippen molar-refractivity contribution in [3.8, 4) is 5.75 Å². The Morgan fingerprint density at radius 3 is 2.46 bits per heavy atom. The summed E-state index contributed by atoms with van der Waals surface area (Å²) in [4.78, 5) is 0.188. The third kappa shape index (κ3) is 3.12. The summed E-state index contributed by atoms with van der Waals surface area (Å²) < 4.78 is 37.4. The highest BCUT2D eigenvalue weighted by Crippen LogP contribution is 2.13. The quantitative estimate of drug-likeness (QED) is 0.692. The molecule has 0 bridgehead atoms. The van der Waals surface area contributed by atoms with E-state index in [1.165, 1.54) is 24.3 Å². The van der Waals surface area contributed by atoms with Crippen LogP contribution in [0.3, 0.4) is 0 Å². The van der Waals surface area contributed by atoms with E-state index in [4.69, 9.17) is 4.74 Å². The molecule has 0 aliphatic carbocycles. The minimum atomic E-state index is -2.22. The summed E-state index contributed by atoms with van der Waals surface area (Å²) in [6.45, 7) is -0.574. The van der Waals surface area contributed by atoms with Gasteiger partial charge in [-0.1, -0.05) is 0 Å². The fraction of sp³-hybridized carbons (Fsp3) is 0.250. The fourth-order valence-corrected chi connectivity index (χ4v) is 1.16. The molecular formula is C8H8FO3S-. The Labute approximate surface area is 77.8 Å². The van der Waals surface area contributed by atoms with Crippen molar-refractivity contribution in [3.63, 3.8) is 0 Å². The van der Waals surface area contributed by atoms with Crippen LogP contribution in [0.1, 0.15) is 0 Å². The van der Waals surface area contributed by atoms with Gasteiger partial charge in [0.15, 0.2) is 0 Å². The van der Waals surface area contributed by atoms with Crippen LogP contribution in [0, 0.1) is 0 Å². The first-order valence-electron chi connectivity index (χ1n) is 3.62. The van der Waals surface area contributed by atoms with E-state index in [-0.39, 0.29) is 11.5 Å². The molecule has 0 N–H and O–H groups in total. The van der Waals surface area contributed by atoms with Gasteiger partial charge in [-0.25, -0.2) is 4.39 Å². The summed E-state index contributed by atoms with van der Waals surface area (Å²) in [7, 11) is 0. The maximum Gasteiger partial charge on any atom is 0.123 e. The van der Waals surface area contributed by atoms with Crippen LogP contribution in [-0.2, 0) is 11.1 Å². The Bertz CT molecular complexity index is 286. The minimum Gasteiger partial charge on any atom is -0.768 e. The molecule has 1 rings (SSSR count). The number of hydrogen-bond donors (Lipinski definition) is 0. The first-order chi connectivity index (χ1) is 6.24. The molecule has 0 spiro atoms. The molecule has 1 atom stereocenters. The van der Waals surface area contributed by atoms with Gasteiger partial charge in [0.25, 0.3) is 0 Å². The smallest absolute Gasteiger partial charge is 0.123 e. The van der Waals surface area contributed by atoms with E-state index < -0.39 is 17.8 Å². The molecule has 0 aliphatic heterocycles. The zero-order valence-corrected chi connectivity index (χ0v) is 7.55. The summed E-state index contributed by atoms with van der Waals surface area (Å²) in [5, 5.41) is 0. The zero-order chi connectivity index (χ0) is 9.68. The molecule has 0 saturated carbocycles. The molecule has 1 aromatic rings. The van der Waals surface area contributed by atoms with Crippen molar-refractivity contribution in [1.29, 1.82) is 0 Å². The van der Waals surface area contributed by atoms with Gasteiger partial charge in [0.05, 0.1) is 0 Å². The average molecular weight is 203 g/mol. The van der Waals surface area contributed by atoms with Crippen molar-refractivity contribution >= 4 is 11.1 Å². The number of rotatable bonds is 4. The minimum absolute atomic E-state index is 0.0141. The normalized spacial score (nSPS) is 12.5. The number of halogens is 1. The highest BCUT2D eigenvalue weighted by Gasteiger charge is 1.94. The Morgan fingerprint density at radius 1 is 1.38 bits per heavy atom. The summed E-state index contributed by atoms with van der Waals surface area (Å²) in [5.74, 6) is 0.465. The highest BCUT2D eigenvalue weighted by molar-refractivity contribution is 7.79. The predicted octanol–water partition coefficient (Wildman–Crippen LogP) is 1.27. The molecule has 1 unspecified atom stereocenters. The first-order valence-corrected chi connectivity index (χ1v) is 4.69. The second-order valence-corrected chi connectivity index (χ2v) is 3.18. The van der Waals surface area contributed by atoms with E-state index >= 15 is 0 Å². The van der Waals surface area contributed by atoms with Crippen LogP contribution in [0.4, 0.5) is 4.39 Å². The molecular weight excluding hydrogens is 195 g/mol. The first kappa shape index (κ1) is 10.1. The van der Waals surface area contributed by atoms with Crippen LogP contribution in [0.25, 0.3) is 0 Å². The van der Waals surface area contributed by atoms with Crippen molar-refractivity contribution in [1.82, 2.24) is 0 Å². The van der Waals surface area contributed by atoms with Crippen LogP contribution in [0.15, 0.2) is 29.2 Å². The van der Waals surface area contributed by atoms with Crippen molar-refractivity contribution in [2.75, 3.05) is 13.3 Å². The Hall–Kier alpha value is -0.940. The van der Waals surface area contributed by atoms with Crippen molar-refractivity contribution in [2.45, 2.75) is 4.90 Å². The molecule has 0 fully saturated rings.